The zero-order valence-corrected chi connectivity index (χ0v) is 16.0. The van der Waals surface area contributed by atoms with E-state index in [9.17, 15) is 4.79 Å². The highest BCUT2D eigenvalue weighted by molar-refractivity contribution is 5.95. The molecule has 1 atom stereocenters. The number of nitrogens with one attached hydrogen (secondary N) is 1. The van der Waals surface area contributed by atoms with Crippen molar-refractivity contribution in [3.05, 3.63) is 47.0 Å². The summed E-state index contributed by atoms with van der Waals surface area (Å²) in [6.45, 7) is 3.32. The minimum atomic E-state index is -0.191. The fourth-order valence-corrected chi connectivity index (χ4v) is 4.82. The molecule has 7 nitrogen and oxygen atoms in total. The minimum absolute atomic E-state index is 0.0469. The van der Waals surface area contributed by atoms with E-state index in [1.807, 2.05) is 23.1 Å². The largest absolute Gasteiger partial charge is 0.375 e. The lowest BCUT2D eigenvalue weighted by Crippen LogP contribution is -2.66. The summed E-state index contributed by atoms with van der Waals surface area (Å²) in [4.78, 5) is 19.0. The van der Waals surface area contributed by atoms with Crippen molar-refractivity contribution in [2.75, 3.05) is 26.3 Å². The minimum Gasteiger partial charge on any atom is -0.375 e. The lowest BCUT2D eigenvalue weighted by atomic mass is 9.79. The zero-order chi connectivity index (χ0) is 19.0. The third kappa shape index (κ3) is 3.12. The Morgan fingerprint density at radius 1 is 1.36 bits per heavy atom. The number of rotatable bonds is 6. The van der Waals surface area contributed by atoms with Crippen molar-refractivity contribution >= 4 is 5.91 Å². The normalized spacial score (nSPS) is 22.4. The summed E-state index contributed by atoms with van der Waals surface area (Å²) in [6.07, 6.45) is 6.84. The van der Waals surface area contributed by atoms with Crippen LogP contribution in [0.15, 0.2) is 24.4 Å². The summed E-state index contributed by atoms with van der Waals surface area (Å²) < 4.78 is 11.9. The predicted molar refractivity (Wildman–Crippen MR) is 102 cm³/mol. The van der Waals surface area contributed by atoms with E-state index in [0.29, 0.717) is 37.9 Å². The number of hydrogen-bond acceptors (Lipinski definition) is 5. The molecule has 0 bridgehead atoms. The average molecular weight is 382 g/mol. The number of amides is 1. The molecule has 0 aromatic carbocycles. The number of likely N-dealkylation sites (tertiary alicyclic amines) is 1. The summed E-state index contributed by atoms with van der Waals surface area (Å²) in [5.74, 6) is 0.482. The lowest BCUT2D eigenvalue weighted by Gasteiger charge is -2.50. The van der Waals surface area contributed by atoms with Crippen LogP contribution < -0.4 is 0 Å². The van der Waals surface area contributed by atoms with Crippen molar-refractivity contribution in [3.8, 4) is 0 Å². The fourth-order valence-electron chi connectivity index (χ4n) is 4.82. The molecule has 0 saturated carbocycles. The highest BCUT2D eigenvalue weighted by Crippen LogP contribution is 2.42. The van der Waals surface area contributed by atoms with E-state index in [1.165, 1.54) is 0 Å². The second-order valence-electron chi connectivity index (χ2n) is 8.11. The van der Waals surface area contributed by atoms with Crippen LogP contribution in [0.3, 0.4) is 0 Å². The first-order valence-electron chi connectivity index (χ1n) is 10.2. The lowest BCUT2D eigenvalue weighted by molar-refractivity contribution is -0.120. The summed E-state index contributed by atoms with van der Waals surface area (Å²) in [7, 11) is 0. The van der Waals surface area contributed by atoms with Crippen LogP contribution in [0.1, 0.15) is 46.7 Å². The van der Waals surface area contributed by atoms with E-state index >= 15 is 0 Å². The number of aromatic nitrogens is 3. The number of aryl methyl sites for hydroxylation is 1. The summed E-state index contributed by atoms with van der Waals surface area (Å²) >= 11 is 0. The first kappa shape index (κ1) is 17.8. The van der Waals surface area contributed by atoms with Crippen LogP contribution in [0.2, 0.25) is 0 Å². The zero-order valence-electron chi connectivity index (χ0n) is 16.0. The van der Waals surface area contributed by atoms with Gasteiger partial charge in [-0.3, -0.25) is 14.9 Å². The van der Waals surface area contributed by atoms with Gasteiger partial charge < -0.3 is 14.4 Å². The van der Waals surface area contributed by atoms with Gasteiger partial charge in [0.1, 0.15) is 5.60 Å². The molecule has 5 rings (SSSR count). The second-order valence-corrected chi connectivity index (χ2v) is 8.11. The fraction of sp³-hybridized carbons (Fsp3) is 0.571. The smallest absolute Gasteiger partial charge is 0.274 e. The molecule has 2 aliphatic heterocycles. The Bertz CT molecular complexity index is 845. The van der Waals surface area contributed by atoms with Gasteiger partial charge in [0.15, 0.2) is 5.69 Å². The topological polar surface area (TPSA) is 80.3 Å². The number of hydrogen-bond donors (Lipinski definition) is 1. The number of H-pyrrole nitrogens is 1. The maximum atomic E-state index is 12.9. The van der Waals surface area contributed by atoms with Gasteiger partial charge in [0.2, 0.25) is 0 Å². The number of ether oxygens (including phenoxy) is 2. The van der Waals surface area contributed by atoms with Gasteiger partial charge in [0.05, 0.1) is 25.4 Å². The summed E-state index contributed by atoms with van der Waals surface area (Å²) in [5, 5.41) is 7.32. The van der Waals surface area contributed by atoms with E-state index in [4.69, 9.17) is 9.47 Å². The monoisotopic (exact) mass is 382 g/mol. The van der Waals surface area contributed by atoms with Gasteiger partial charge in [0, 0.05) is 30.7 Å². The van der Waals surface area contributed by atoms with E-state index < -0.39 is 0 Å². The van der Waals surface area contributed by atoms with Crippen molar-refractivity contribution in [2.24, 2.45) is 5.92 Å². The number of fused-ring (bicyclic) bond motifs is 1. The van der Waals surface area contributed by atoms with Crippen LogP contribution >= 0.6 is 0 Å². The maximum absolute atomic E-state index is 12.9. The number of carbonyl (C=O) groups excluding carboxylic acids is 1. The highest BCUT2D eigenvalue weighted by Gasteiger charge is 2.54. The SMILES string of the molecule is O=C(c1n[nH]c2c1CCC2)N1CC2(C1)OCC[C@@H]2CCOCc1ccccn1. The molecule has 28 heavy (non-hydrogen) atoms. The van der Waals surface area contributed by atoms with Gasteiger partial charge >= 0.3 is 0 Å². The van der Waals surface area contributed by atoms with Crippen molar-refractivity contribution < 1.29 is 14.3 Å². The maximum Gasteiger partial charge on any atom is 0.274 e. The highest BCUT2D eigenvalue weighted by atomic mass is 16.5. The van der Waals surface area contributed by atoms with E-state index in [0.717, 1.165) is 55.7 Å². The molecule has 2 fully saturated rings. The van der Waals surface area contributed by atoms with Crippen LogP contribution in [-0.4, -0.2) is 57.9 Å². The Balaban J connectivity index is 1.14. The third-order valence-electron chi connectivity index (χ3n) is 6.40. The van der Waals surface area contributed by atoms with Crippen LogP contribution in [0.5, 0.6) is 0 Å². The van der Waals surface area contributed by atoms with Crippen LogP contribution in [0.25, 0.3) is 0 Å². The molecule has 2 saturated heterocycles. The standard InChI is InChI=1S/C21H26N4O3/c26-20(19-17-5-3-6-18(17)23-24-19)25-13-21(14-25)15(8-11-28-21)7-10-27-12-16-4-1-2-9-22-16/h1-2,4,9,15H,3,5-8,10-14H2,(H,23,24)/t15-/m0/s1. The van der Waals surface area contributed by atoms with Gasteiger partial charge in [-0.15, -0.1) is 0 Å². The van der Waals surface area contributed by atoms with Gasteiger partial charge in [-0.2, -0.15) is 5.10 Å². The van der Waals surface area contributed by atoms with Gasteiger partial charge in [-0.25, -0.2) is 0 Å². The Kier molecular flexibility index (Phi) is 4.64. The first-order chi connectivity index (χ1) is 13.8. The molecule has 4 heterocycles. The Hall–Kier alpha value is -2.25. The molecule has 1 aliphatic carbocycles. The third-order valence-corrected chi connectivity index (χ3v) is 6.40. The molecule has 148 valence electrons. The Morgan fingerprint density at radius 2 is 2.29 bits per heavy atom. The molecule has 1 amide bonds. The Morgan fingerprint density at radius 3 is 3.14 bits per heavy atom. The molecule has 0 unspecified atom stereocenters. The molecule has 1 N–H and O–H groups in total. The van der Waals surface area contributed by atoms with Crippen molar-refractivity contribution in [2.45, 2.75) is 44.3 Å². The number of carbonyl (C=O) groups is 1. The van der Waals surface area contributed by atoms with Crippen molar-refractivity contribution in [1.29, 1.82) is 0 Å². The van der Waals surface area contributed by atoms with E-state index in [-0.39, 0.29) is 11.5 Å². The number of aromatic amines is 1. The summed E-state index contributed by atoms with van der Waals surface area (Å²) in [5.41, 5.74) is 3.64. The Labute approximate surface area is 164 Å². The predicted octanol–water partition coefficient (Wildman–Crippen LogP) is 2.13. The number of pyridine rings is 1. The molecule has 0 radical (unpaired) electrons. The van der Waals surface area contributed by atoms with E-state index in [2.05, 4.69) is 15.2 Å². The van der Waals surface area contributed by atoms with Crippen molar-refractivity contribution in [3.63, 3.8) is 0 Å². The average Bonchev–Trinajstić information content (AvgIpc) is 3.39. The molecule has 2 aromatic heterocycles. The van der Waals surface area contributed by atoms with E-state index in [1.54, 1.807) is 6.20 Å². The molecular formula is C21H26N4O3. The van der Waals surface area contributed by atoms with Crippen LogP contribution in [0.4, 0.5) is 0 Å². The summed E-state index contributed by atoms with van der Waals surface area (Å²) in [6, 6.07) is 5.85. The molecule has 1 spiro atoms. The molecular weight excluding hydrogens is 356 g/mol. The first-order valence-corrected chi connectivity index (χ1v) is 10.2. The van der Waals surface area contributed by atoms with Gasteiger partial charge in [-0.05, 0) is 50.2 Å². The molecule has 7 heteroatoms. The van der Waals surface area contributed by atoms with Crippen LogP contribution in [-0.2, 0) is 28.9 Å². The molecule has 2 aromatic rings. The number of nitrogens with zero attached hydrogens (tertiary/aromatic N) is 3. The second kappa shape index (κ2) is 7.29. The molecule has 3 aliphatic rings. The van der Waals surface area contributed by atoms with Crippen molar-refractivity contribution in [1.82, 2.24) is 20.1 Å². The van der Waals surface area contributed by atoms with Crippen LogP contribution in [0, 0.1) is 5.92 Å². The van der Waals surface area contributed by atoms with Gasteiger partial charge in [-0.1, -0.05) is 6.07 Å². The van der Waals surface area contributed by atoms with Gasteiger partial charge in [0.25, 0.3) is 5.91 Å². The quantitative estimate of drug-likeness (QED) is 0.774.